The molecular formula is C20H21FN4O3S. The standard InChI is InChI=1S/C20H21FN4O3S/c1-13-10-15(14(2)24(13)9-8-19(27)28-3)18(26)11-29-20-23-22-12-25(20)17-7-5-4-6-16(17)21/h4-7,10,12H,8-9,11H2,1-3H3. The van der Waals surface area contributed by atoms with E-state index >= 15 is 0 Å². The molecule has 2 aromatic heterocycles. The SMILES string of the molecule is COC(=O)CCn1c(C)cc(C(=O)CSc2nncn2-c2ccccc2F)c1C. The lowest BCUT2D eigenvalue weighted by molar-refractivity contribution is -0.140. The third kappa shape index (κ3) is 4.56. The molecule has 0 amide bonds. The number of hydrogen-bond donors (Lipinski definition) is 0. The first-order valence-corrected chi connectivity index (χ1v) is 9.95. The molecule has 3 aromatic rings. The Balaban J connectivity index is 1.72. The summed E-state index contributed by atoms with van der Waals surface area (Å²) in [6, 6.07) is 8.13. The average molecular weight is 416 g/mol. The average Bonchev–Trinajstić information content (AvgIpc) is 3.29. The zero-order chi connectivity index (χ0) is 21.0. The number of Topliss-reactive ketones (excluding diaryl/α,β-unsaturated/α-hetero) is 1. The number of thioether (sulfide) groups is 1. The largest absolute Gasteiger partial charge is 0.469 e. The highest BCUT2D eigenvalue weighted by Crippen LogP contribution is 2.24. The highest BCUT2D eigenvalue weighted by atomic mass is 32.2. The van der Waals surface area contributed by atoms with Gasteiger partial charge in [0.15, 0.2) is 10.9 Å². The Bertz CT molecular complexity index is 1040. The van der Waals surface area contributed by atoms with Crippen LogP contribution in [0.2, 0.25) is 0 Å². The van der Waals surface area contributed by atoms with E-state index in [1.54, 1.807) is 18.2 Å². The molecule has 0 unspecified atom stereocenters. The second-order valence-electron chi connectivity index (χ2n) is 6.41. The minimum absolute atomic E-state index is 0.0736. The van der Waals surface area contributed by atoms with Crippen molar-refractivity contribution in [2.75, 3.05) is 12.9 Å². The van der Waals surface area contributed by atoms with Gasteiger partial charge in [-0.2, -0.15) is 0 Å². The number of hydrogen-bond acceptors (Lipinski definition) is 6. The van der Waals surface area contributed by atoms with Crippen molar-refractivity contribution in [3.63, 3.8) is 0 Å². The number of benzene rings is 1. The molecule has 0 aliphatic heterocycles. The van der Waals surface area contributed by atoms with Gasteiger partial charge >= 0.3 is 5.97 Å². The predicted octanol–water partition coefficient (Wildman–Crippen LogP) is 3.36. The summed E-state index contributed by atoms with van der Waals surface area (Å²) < 4.78 is 22.2. The Labute approximate surface area is 171 Å². The lowest BCUT2D eigenvalue weighted by atomic mass is 10.2. The summed E-state index contributed by atoms with van der Waals surface area (Å²) in [7, 11) is 1.35. The van der Waals surface area contributed by atoms with Gasteiger partial charge in [0.25, 0.3) is 0 Å². The first-order chi connectivity index (χ1) is 13.9. The van der Waals surface area contributed by atoms with Crippen molar-refractivity contribution in [2.45, 2.75) is 32.0 Å². The van der Waals surface area contributed by atoms with Gasteiger partial charge in [0.05, 0.1) is 25.0 Å². The third-order valence-electron chi connectivity index (χ3n) is 4.60. The van der Waals surface area contributed by atoms with Crippen LogP contribution in [0.4, 0.5) is 4.39 Å². The topological polar surface area (TPSA) is 79.0 Å². The first-order valence-electron chi connectivity index (χ1n) is 8.96. The van der Waals surface area contributed by atoms with E-state index in [1.165, 1.54) is 35.8 Å². The summed E-state index contributed by atoms with van der Waals surface area (Å²) in [5, 5.41) is 8.28. The number of ether oxygens (including phenoxy) is 1. The predicted molar refractivity (Wildman–Crippen MR) is 107 cm³/mol. The molecule has 2 heterocycles. The third-order valence-corrected chi connectivity index (χ3v) is 5.55. The van der Waals surface area contributed by atoms with Crippen molar-refractivity contribution in [1.82, 2.24) is 19.3 Å². The molecule has 0 saturated heterocycles. The Kier molecular flexibility index (Phi) is 6.48. The molecule has 0 radical (unpaired) electrons. The maximum atomic E-state index is 14.1. The van der Waals surface area contributed by atoms with Gasteiger partial charge in [-0.1, -0.05) is 23.9 Å². The first kappa shape index (κ1) is 20.8. The number of halogens is 1. The van der Waals surface area contributed by atoms with Crippen LogP contribution in [0.15, 0.2) is 41.8 Å². The molecule has 0 bridgehead atoms. The molecule has 0 N–H and O–H groups in total. The number of aryl methyl sites for hydroxylation is 1. The van der Waals surface area contributed by atoms with Crippen molar-refractivity contribution in [3.05, 3.63) is 59.4 Å². The Morgan fingerprint density at radius 2 is 2.00 bits per heavy atom. The van der Waals surface area contributed by atoms with Crippen LogP contribution in [-0.2, 0) is 16.1 Å². The van der Waals surface area contributed by atoms with E-state index in [2.05, 4.69) is 14.9 Å². The van der Waals surface area contributed by atoms with E-state index in [0.29, 0.717) is 23.0 Å². The summed E-state index contributed by atoms with van der Waals surface area (Å²) in [6.45, 7) is 4.19. The summed E-state index contributed by atoms with van der Waals surface area (Å²) >= 11 is 1.20. The van der Waals surface area contributed by atoms with Crippen LogP contribution in [0.3, 0.4) is 0 Å². The quantitative estimate of drug-likeness (QED) is 0.318. The van der Waals surface area contributed by atoms with E-state index in [-0.39, 0.29) is 23.9 Å². The van der Waals surface area contributed by atoms with Crippen molar-refractivity contribution in [2.24, 2.45) is 0 Å². The highest BCUT2D eigenvalue weighted by Gasteiger charge is 2.18. The molecular weight excluding hydrogens is 395 g/mol. The number of carbonyl (C=O) groups excluding carboxylic acids is 2. The van der Waals surface area contributed by atoms with Gasteiger partial charge in [0.1, 0.15) is 12.1 Å². The van der Waals surface area contributed by atoms with Crippen molar-refractivity contribution < 1.29 is 18.7 Å². The highest BCUT2D eigenvalue weighted by molar-refractivity contribution is 7.99. The van der Waals surface area contributed by atoms with E-state index < -0.39 is 5.82 Å². The molecule has 0 spiro atoms. The number of carbonyl (C=O) groups is 2. The van der Waals surface area contributed by atoms with Crippen molar-refractivity contribution in [3.8, 4) is 5.69 Å². The fourth-order valence-electron chi connectivity index (χ4n) is 3.08. The van der Waals surface area contributed by atoms with Crippen LogP contribution in [0.1, 0.15) is 28.2 Å². The number of esters is 1. The Hall–Kier alpha value is -2.94. The molecule has 29 heavy (non-hydrogen) atoms. The fourth-order valence-corrected chi connectivity index (χ4v) is 3.88. The maximum absolute atomic E-state index is 14.1. The molecule has 0 aliphatic rings. The van der Waals surface area contributed by atoms with Crippen molar-refractivity contribution in [1.29, 1.82) is 0 Å². The van der Waals surface area contributed by atoms with E-state index in [4.69, 9.17) is 0 Å². The van der Waals surface area contributed by atoms with Crippen LogP contribution in [0.5, 0.6) is 0 Å². The Morgan fingerprint density at radius 3 is 2.72 bits per heavy atom. The molecule has 0 saturated carbocycles. The van der Waals surface area contributed by atoms with Gasteiger partial charge in [-0.15, -0.1) is 10.2 Å². The minimum Gasteiger partial charge on any atom is -0.469 e. The summed E-state index contributed by atoms with van der Waals surface area (Å²) in [6.07, 6.45) is 1.66. The van der Waals surface area contributed by atoms with Crippen LogP contribution in [0.25, 0.3) is 5.69 Å². The van der Waals surface area contributed by atoms with Gasteiger partial charge in [-0.25, -0.2) is 4.39 Å². The number of aromatic nitrogens is 4. The molecule has 0 aliphatic carbocycles. The fraction of sp³-hybridized carbons (Fsp3) is 0.300. The van der Waals surface area contributed by atoms with Crippen LogP contribution < -0.4 is 0 Å². The number of para-hydroxylation sites is 1. The van der Waals surface area contributed by atoms with E-state index in [9.17, 15) is 14.0 Å². The van der Waals surface area contributed by atoms with Gasteiger partial charge in [-0.3, -0.25) is 14.2 Å². The molecule has 9 heteroatoms. The smallest absolute Gasteiger partial charge is 0.307 e. The molecule has 3 rings (SSSR count). The number of ketones is 1. The zero-order valence-electron chi connectivity index (χ0n) is 16.4. The molecule has 0 fully saturated rings. The normalized spacial score (nSPS) is 10.9. The van der Waals surface area contributed by atoms with Crippen LogP contribution in [-0.4, -0.2) is 43.9 Å². The van der Waals surface area contributed by atoms with E-state index in [1.807, 2.05) is 24.5 Å². The summed E-state index contributed by atoms with van der Waals surface area (Å²) in [5.41, 5.74) is 2.62. The lowest BCUT2D eigenvalue weighted by Gasteiger charge is -2.09. The number of nitrogens with zero attached hydrogens (tertiary/aromatic N) is 4. The zero-order valence-corrected chi connectivity index (χ0v) is 17.2. The minimum atomic E-state index is -0.394. The second kappa shape index (κ2) is 9.04. The number of rotatable bonds is 8. The van der Waals surface area contributed by atoms with Gasteiger partial charge in [0, 0.05) is 23.5 Å². The van der Waals surface area contributed by atoms with Gasteiger partial charge < -0.3 is 9.30 Å². The van der Waals surface area contributed by atoms with Gasteiger partial charge in [0.2, 0.25) is 0 Å². The summed E-state index contributed by atoms with van der Waals surface area (Å²) in [5.74, 6) is -0.632. The second-order valence-corrected chi connectivity index (χ2v) is 7.35. The molecule has 152 valence electrons. The monoisotopic (exact) mass is 416 g/mol. The molecule has 1 aromatic carbocycles. The Morgan fingerprint density at radius 1 is 1.24 bits per heavy atom. The molecule has 0 atom stereocenters. The summed E-state index contributed by atoms with van der Waals surface area (Å²) in [4.78, 5) is 24.2. The molecule has 7 nitrogen and oxygen atoms in total. The number of methoxy groups -OCH3 is 1. The van der Waals surface area contributed by atoms with Crippen molar-refractivity contribution >= 4 is 23.5 Å². The maximum Gasteiger partial charge on any atom is 0.307 e. The lowest BCUT2D eigenvalue weighted by Crippen LogP contribution is -2.11. The van der Waals surface area contributed by atoms with Crippen LogP contribution >= 0.6 is 11.8 Å². The van der Waals surface area contributed by atoms with E-state index in [0.717, 1.165) is 11.4 Å². The van der Waals surface area contributed by atoms with Gasteiger partial charge in [-0.05, 0) is 32.0 Å². The van der Waals surface area contributed by atoms with Crippen LogP contribution in [0, 0.1) is 19.7 Å².